The number of nitrogens with two attached hydrogens (primary N) is 1. The first kappa shape index (κ1) is 12.6. The van der Waals surface area contributed by atoms with Crippen LogP contribution in [0.4, 0.5) is 0 Å². The van der Waals surface area contributed by atoms with E-state index < -0.39 is 0 Å². The molecule has 0 radical (unpaired) electrons. The number of nitrogens with one attached hydrogen (secondary N) is 1. The zero-order chi connectivity index (χ0) is 13.9. The molecule has 2 amide bonds. The van der Waals surface area contributed by atoms with E-state index in [0.717, 1.165) is 32.2 Å². The Labute approximate surface area is 119 Å². The van der Waals surface area contributed by atoms with Crippen molar-refractivity contribution in [1.82, 2.24) is 10.2 Å². The molecule has 2 heterocycles. The number of hydrogen-bond acceptors (Lipinski definition) is 3. The SMILES string of the molecule is NC1C2CCC(C2)C1C(=O)N1CCCC2C(=O)NCC21. The van der Waals surface area contributed by atoms with Gasteiger partial charge in [0.1, 0.15) is 0 Å². The summed E-state index contributed by atoms with van der Waals surface area (Å²) in [5.41, 5.74) is 6.31. The smallest absolute Gasteiger partial charge is 0.227 e. The summed E-state index contributed by atoms with van der Waals surface area (Å²) in [5.74, 6) is 1.44. The molecule has 2 saturated heterocycles. The summed E-state index contributed by atoms with van der Waals surface area (Å²) in [5, 5.41) is 2.92. The van der Waals surface area contributed by atoms with Crippen LogP contribution in [0.5, 0.6) is 0 Å². The standard InChI is InChI=1S/C15H23N3O2/c16-13-9-4-3-8(6-9)12(13)15(20)18-5-1-2-10-11(18)7-17-14(10)19/h8-13H,1-7,16H2,(H,17,19). The van der Waals surface area contributed by atoms with Gasteiger partial charge < -0.3 is 16.0 Å². The number of carbonyl (C=O) groups is 2. The van der Waals surface area contributed by atoms with Crippen LogP contribution in [-0.4, -0.2) is 41.9 Å². The zero-order valence-electron chi connectivity index (χ0n) is 11.8. The lowest BCUT2D eigenvalue weighted by Gasteiger charge is -2.40. The van der Waals surface area contributed by atoms with E-state index in [1.807, 2.05) is 4.90 Å². The number of carbonyl (C=O) groups excluding carboxylic acids is 2. The summed E-state index contributed by atoms with van der Waals surface area (Å²) >= 11 is 0. The van der Waals surface area contributed by atoms with Crippen molar-refractivity contribution < 1.29 is 9.59 Å². The van der Waals surface area contributed by atoms with Gasteiger partial charge in [0.15, 0.2) is 0 Å². The van der Waals surface area contributed by atoms with Crippen LogP contribution in [0.1, 0.15) is 32.1 Å². The summed E-state index contributed by atoms with van der Waals surface area (Å²) in [6.07, 6.45) is 5.35. The van der Waals surface area contributed by atoms with E-state index in [2.05, 4.69) is 5.32 Å². The summed E-state index contributed by atoms with van der Waals surface area (Å²) in [7, 11) is 0. The van der Waals surface area contributed by atoms with E-state index in [9.17, 15) is 9.59 Å². The molecule has 4 rings (SSSR count). The number of likely N-dealkylation sites (tertiary alicyclic amines) is 1. The van der Waals surface area contributed by atoms with Gasteiger partial charge in [-0.25, -0.2) is 0 Å². The Morgan fingerprint density at radius 2 is 2.05 bits per heavy atom. The largest absolute Gasteiger partial charge is 0.354 e. The zero-order valence-corrected chi connectivity index (χ0v) is 11.8. The monoisotopic (exact) mass is 277 g/mol. The van der Waals surface area contributed by atoms with Gasteiger partial charge in [0.05, 0.1) is 17.9 Å². The van der Waals surface area contributed by atoms with Crippen LogP contribution in [0, 0.1) is 23.7 Å². The van der Waals surface area contributed by atoms with E-state index in [-0.39, 0.29) is 35.7 Å². The second kappa shape index (κ2) is 4.45. The van der Waals surface area contributed by atoms with Gasteiger partial charge in [0.25, 0.3) is 0 Å². The number of nitrogens with zero attached hydrogens (tertiary/aromatic N) is 1. The maximum Gasteiger partial charge on any atom is 0.227 e. The Morgan fingerprint density at radius 3 is 2.80 bits per heavy atom. The Hall–Kier alpha value is -1.10. The summed E-state index contributed by atoms with van der Waals surface area (Å²) in [6, 6.07) is 0.127. The van der Waals surface area contributed by atoms with Crippen molar-refractivity contribution in [3.05, 3.63) is 0 Å². The third-order valence-electron chi connectivity index (χ3n) is 6.15. The van der Waals surface area contributed by atoms with E-state index in [0.29, 0.717) is 18.4 Å². The normalized spacial score (nSPS) is 46.5. The highest BCUT2D eigenvalue weighted by Gasteiger charge is 2.52. The first-order valence-corrected chi connectivity index (χ1v) is 8.00. The summed E-state index contributed by atoms with van der Waals surface area (Å²) < 4.78 is 0. The lowest BCUT2D eigenvalue weighted by molar-refractivity contribution is -0.143. The highest BCUT2D eigenvalue weighted by atomic mass is 16.2. The Bertz CT molecular complexity index is 450. The predicted molar refractivity (Wildman–Crippen MR) is 73.5 cm³/mol. The molecule has 5 heteroatoms. The number of rotatable bonds is 1. The first-order valence-electron chi connectivity index (χ1n) is 8.00. The highest BCUT2D eigenvalue weighted by Crippen LogP contribution is 2.48. The number of fused-ring (bicyclic) bond motifs is 3. The third-order valence-corrected chi connectivity index (χ3v) is 6.15. The topological polar surface area (TPSA) is 75.4 Å². The minimum atomic E-state index is 0.0162. The second-order valence-electron chi connectivity index (χ2n) is 7.03. The molecule has 2 saturated carbocycles. The molecule has 20 heavy (non-hydrogen) atoms. The molecule has 0 aromatic heterocycles. The quantitative estimate of drug-likeness (QED) is 0.713. The number of piperidine rings is 1. The first-order chi connectivity index (χ1) is 9.66. The highest BCUT2D eigenvalue weighted by molar-refractivity contribution is 5.86. The summed E-state index contributed by atoms with van der Waals surface area (Å²) in [6.45, 7) is 1.43. The van der Waals surface area contributed by atoms with Crippen LogP contribution in [0.25, 0.3) is 0 Å². The molecule has 0 spiro atoms. The Morgan fingerprint density at radius 1 is 1.25 bits per heavy atom. The molecule has 6 unspecified atom stereocenters. The lowest BCUT2D eigenvalue weighted by Crippen LogP contribution is -2.54. The van der Waals surface area contributed by atoms with Crippen molar-refractivity contribution in [2.24, 2.45) is 29.4 Å². The Balaban J connectivity index is 1.55. The van der Waals surface area contributed by atoms with Crippen molar-refractivity contribution in [2.75, 3.05) is 13.1 Å². The van der Waals surface area contributed by atoms with Crippen LogP contribution in [-0.2, 0) is 9.59 Å². The molecule has 4 fully saturated rings. The molecular weight excluding hydrogens is 254 g/mol. The maximum absolute atomic E-state index is 13.0. The molecule has 2 bridgehead atoms. The molecule has 2 aliphatic heterocycles. The fourth-order valence-corrected chi connectivity index (χ4v) is 5.12. The fraction of sp³-hybridized carbons (Fsp3) is 0.867. The van der Waals surface area contributed by atoms with Crippen molar-refractivity contribution >= 4 is 11.8 Å². The van der Waals surface area contributed by atoms with Crippen molar-refractivity contribution in [2.45, 2.75) is 44.2 Å². The van der Waals surface area contributed by atoms with Crippen molar-refractivity contribution in [1.29, 1.82) is 0 Å². The molecule has 3 N–H and O–H groups in total. The van der Waals surface area contributed by atoms with Gasteiger partial charge >= 0.3 is 0 Å². The van der Waals surface area contributed by atoms with Crippen LogP contribution in [0.2, 0.25) is 0 Å². The molecule has 5 nitrogen and oxygen atoms in total. The average Bonchev–Trinajstić information content (AvgIpc) is 3.13. The van der Waals surface area contributed by atoms with E-state index in [1.54, 1.807) is 0 Å². The van der Waals surface area contributed by atoms with Gasteiger partial charge in [-0.1, -0.05) is 0 Å². The second-order valence-corrected chi connectivity index (χ2v) is 7.03. The van der Waals surface area contributed by atoms with Crippen molar-refractivity contribution in [3.8, 4) is 0 Å². The third kappa shape index (κ3) is 1.65. The van der Waals surface area contributed by atoms with Gasteiger partial charge in [-0.05, 0) is 43.9 Å². The molecular formula is C15H23N3O2. The van der Waals surface area contributed by atoms with Crippen LogP contribution in [0.15, 0.2) is 0 Å². The Kier molecular flexibility index (Phi) is 2.81. The molecule has 2 aliphatic carbocycles. The van der Waals surface area contributed by atoms with Crippen molar-refractivity contribution in [3.63, 3.8) is 0 Å². The van der Waals surface area contributed by atoms with Gasteiger partial charge in [-0.3, -0.25) is 9.59 Å². The number of amides is 2. The lowest BCUT2D eigenvalue weighted by atomic mass is 9.82. The van der Waals surface area contributed by atoms with Gasteiger partial charge in [-0.2, -0.15) is 0 Å². The van der Waals surface area contributed by atoms with Gasteiger partial charge in [-0.15, -0.1) is 0 Å². The van der Waals surface area contributed by atoms with Crippen LogP contribution in [0.3, 0.4) is 0 Å². The van der Waals surface area contributed by atoms with E-state index in [1.165, 1.54) is 6.42 Å². The minimum absolute atomic E-state index is 0.0162. The van der Waals surface area contributed by atoms with Crippen LogP contribution >= 0.6 is 0 Å². The van der Waals surface area contributed by atoms with E-state index in [4.69, 9.17) is 5.73 Å². The molecule has 110 valence electrons. The molecule has 4 aliphatic rings. The minimum Gasteiger partial charge on any atom is -0.354 e. The van der Waals surface area contributed by atoms with Crippen LogP contribution < -0.4 is 11.1 Å². The maximum atomic E-state index is 13.0. The van der Waals surface area contributed by atoms with E-state index >= 15 is 0 Å². The number of hydrogen-bond donors (Lipinski definition) is 2. The van der Waals surface area contributed by atoms with Gasteiger partial charge in [0, 0.05) is 19.1 Å². The summed E-state index contributed by atoms with van der Waals surface area (Å²) in [4.78, 5) is 26.8. The van der Waals surface area contributed by atoms with Gasteiger partial charge in [0.2, 0.25) is 11.8 Å². The molecule has 6 atom stereocenters. The predicted octanol–water partition coefficient (Wildman–Crippen LogP) is 0.0968. The average molecular weight is 277 g/mol. The fourth-order valence-electron chi connectivity index (χ4n) is 5.12. The molecule has 0 aromatic carbocycles. The molecule has 0 aromatic rings.